The fourth-order valence-corrected chi connectivity index (χ4v) is 4.50. The summed E-state index contributed by atoms with van der Waals surface area (Å²) >= 11 is 0. The second-order valence-corrected chi connectivity index (χ2v) is 8.30. The summed E-state index contributed by atoms with van der Waals surface area (Å²) < 4.78 is 27.5. The SMILES string of the molecule is CN(C(=O)c1ccccc1S(=O)(=O)N(C)c1ccccc1)C1CCNC1. The summed E-state index contributed by atoms with van der Waals surface area (Å²) in [5.41, 5.74) is 0.743. The van der Waals surface area contributed by atoms with Crippen LogP contribution in [0.15, 0.2) is 59.5 Å². The molecule has 0 spiro atoms. The average molecular weight is 373 g/mol. The Balaban J connectivity index is 1.97. The van der Waals surface area contributed by atoms with Crippen molar-refractivity contribution in [3.63, 3.8) is 0 Å². The van der Waals surface area contributed by atoms with Crippen LogP contribution in [0.2, 0.25) is 0 Å². The molecule has 6 nitrogen and oxygen atoms in total. The van der Waals surface area contributed by atoms with Crippen LogP contribution in [0.5, 0.6) is 0 Å². The van der Waals surface area contributed by atoms with Gasteiger partial charge in [0.2, 0.25) is 0 Å². The fourth-order valence-electron chi connectivity index (χ4n) is 3.12. The molecule has 1 aliphatic rings. The number of nitrogens with zero attached hydrogens (tertiary/aromatic N) is 2. The van der Waals surface area contributed by atoms with Crippen LogP contribution in [-0.4, -0.2) is 52.5 Å². The van der Waals surface area contributed by atoms with Gasteiger partial charge in [0.1, 0.15) is 4.90 Å². The van der Waals surface area contributed by atoms with Gasteiger partial charge in [0, 0.05) is 26.7 Å². The van der Waals surface area contributed by atoms with E-state index in [1.54, 1.807) is 54.4 Å². The second-order valence-electron chi connectivity index (χ2n) is 6.37. The number of sulfonamides is 1. The molecule has 1 amide bonds. The number of likely N-dealkylation sites (N-methyl/N-ethyl adjacent to an activating group) is 1. The predicted octanol–water partition coefficient (Wildman–Crippen LogP) is 1.95. The summed E-state index contributed by atoms with van der Waals surface area (Å²) in [6, 6.07) is 15.3. The standard InChI is InChI=1S/C19H23N3O3S/c1-21(16-12-13-20-14-16)19(23)17-10-6-7-11-18(17)26(24,25)22(2)15-8-4-3-5-9-15/h3-11,16,20H,12-14H2,1-2H3. The summed E-state index contributed by atoms with van der Waals surface area (Å²) in [5, 5.41) is 3.22. The maximum absolute atomic E-state index is 13.1. The van der Waals surface area contributed by atoms with Crippen LogP contribution >= 0.6 is 0 Å². The lowest BCUT2D eigenvalue weighted by molar-refractivity contribution is 0.0740. The van der Waals surface area contributed by atoms with E-state index in [2.05, 4.69) is 5.32 Å². The van der Waals surface area contributed by atoms with E-state index < -0.39 is 10.0 Å². The zero-order chi connectivity index (χ0) is 18.7. The topological polar surface area (TPSA) is 69.7 Å². The molecule has 0 bridgehead atoms. The van der Waals surface area contributed by atoms with E-state index in [1.165, 1.54) is 17.4 Å². The molecule has 2 aromatic carbocycles. The van der Waals surface area contributed by atoms with Crippen LogP contribution in [-0.2, 0) is 10.0 Å². The number of para-hydroxylation sites is 1. The van der Waals surface area contributed by atoms with E-state index in [1.807, 2.05) is 6.07 Å². The number of hydrogen-bond acceptors (Lipinski definition) is 4. The highest BCUT2D eigenvalue weighted by Gasteiger charge is 2.30. The number of anilines is 1. The van der Waals surface area contributed by atoms with E-state index in [9.17, 15) is 13.2 Å². The van der Waals surface area contributed by atoms with Gasteiger partial charge in [-0.2, -0.15) is 0 Å². The molecule has 26 heavy (non-hydrogen) atoms. The minimum absolute atomic E-state index is 0.0224. The summed E-state index contributed by atoms with van der Waals surface area (Å²) in [7, 11) is -0.631. The number of carbonyl (C=O) groups excluding carboxylic acids is 1. The monoisotopic (exact) mass is 373 g/mol. The van der Waals surface area contributed by atoms with Crippen molar-refractivity contribution in [1.29, 1.82) is 0 Å². The molecular formula is C19H23N3O3S. The first-order chi connectivity index (χ1) is 12.4. The third-order valence-electron chi connectivity index (χ3n) is 4.78. The van der Waals surface area contributed by atoms with Crippen LogP contribution in [0.25, 0.3) is 0 Å². The lowest BCUT2D eigenvalue weighted by Crippen LogP contribution is -2.39. The summed E-state index contributed by atoms with van der Waals surface area (Å²) in [5.74, 6) is -0.278. The Morgan fingerprint density at radius 3 is 2.35 bits per heavy atom. The number of nitrogens with one attached hydrogen (secondary N) is 1. The molecule has 0 saturated carbocycles. The van der Waals surface area contributed by atoms with Gasteiger partial charge in [0.25, 0.3) is 15.9 Å². The Hall–Kier alpha value is -2.38. The minimum atomic E-state index is -3.85. The third kappa shape index (κ3) is 3.45. The van der Waals surface area contributed by atoms with E-state index in [-0.39, 0.29) is 22.4 Å². The predicted molar refractivity (Wildman–Crippen MR) is 102 cm³/mol. The zero-order valence-electron chi connectivity index (χ0n) is 14.9. The van der Waals surface area contributed by atoms with E-state index in [4.69, 9.17) is 0 Å². The van der Waals surface area contributed by atoms with Gasteiger partial charge in [-0.05, 0) is 37.2 Å². The molecule has 1 aliphatic heterocycles. The van der Waals surface area contributed by atoms with E-state index >= 15 is 0 Å². The first-order valence-corrected chi connectivity index (χ1v) is 9.98. The second kappa shape index (κ2) is 7.47. The van der Waals surface area contributed by atoms with Gasteiger partial charge in [-0.1, -0.05) is 30.3 Å². The molecule has 1 heterocycles. The van der Waals surface area contributed by atoms with Crippen LogP contribution < -0.4 is 9.62 Å². The number of rotatable bonds is 5. The molecule has 3 rings (SSSR count). The molecule has 7 heteroatoms. The van der Waals surface area contributed by atoms with Crippen molar-refractivity contribution < 1.29 is 13.2 Å². The van der Waals surface area contributed by atoms with Gasteiger partial charge >= 0.3 is 0 Å². The van der Waals surface area contributed by atoms with Crippen molar-refractivity contribution >= 4 is 21.6 Å². The van der Waals surface area contributed by atoms with Gasteiger partial charge in [-0.15, -0.1) is 0 Å². The van der Waals surface area contributed by atoms with Gasteiger partial charge in [-0.25, -0.2) is 8.42 Å². The van der Waals surface area contributed by atoms with E-state index in [0.29, 0.717) is 5.69 Å². The molecule has 1 atom stereocenters. The molecule has 1 saturated heterocycles. The molecule has 2 aromatic rings. The fraction of sp³-hybridized carbons (Fsp3) is 0.316. The molecule has 0 aliphatic carbocycles. The van der Waals surface area contributed by atoms with Crippen molar-refractivity contribution in [2.24, 2.45) is 0 Å². The Bertz CT molecular complexity index is 878. The lowest BCUT2D eigenvalue weighted by atomic mass is 10.1. The normalized spacial score (nSPS) is 17.1. The highest BCUT2D eigenvalue weighted by Crippen LogP contribution is 2.25. The van der Waals surface area contributed by atoms with Crippen molar-refractivity contribution in [2.45, 2.75) is 17.4 Å². The highest BCUT2D eigenvalue weighted by atomic mass is 32.2. The molecule has 1 unspecified atom stereocenters. The number of carbonyl (C=O) groups is 1. The molecule has 1 N–H and O–H groups in total. The number of hydrogen-bond donors (Lipinski definition) is 1. The van der Waals surface area contributed by atoms with Gasteiger partial charge in [0.15, 0.2) is 0 Å². The van der Waals surface area contributed by atoms with Crippen LogP contribution in [0.1, 0.15) is 16.8 Å². The average Bonchev–Trinajstić information content (AvgIpc) is 3.21. The molecular weight excluding hydrogens is 350 g/mol. The van der Waals surface area contributed by atoms with Crippen LogP contribution in [0, 0.1) is 0 Å². The number of benzene rings is 2. The Morgan fingerprint density at radius 2 is 1.69 bits per heavy atom. The maximum Gasteiger partial charge on any atom is 0.264 e. The van der Waals surface area contributed by atoms with Gasteiger partial charge in [0.05, 0.1) is 11.3 Å². The Morgan fingerprint density at radius 1 is 1.04 bits per heavy atom. The molecule has 138 valence electrons. The first kappa shape index (κ1) is 18.4. The van der Waals surface area contributed by atoms with Crippen molar-refractivity contribution in [1.82, 2.24) is 10.2 Å². The summed E-state index contributed by atoms with van der Waals surface area (Å²) in [6.45, 7) is 1.58. The van der Waals surface area contributed by atoms with Crippen LogP contribution in [0.3, 0.4) is 0 Å². The summed E-state index contributed by atoms with van der Waals surface area (Å²) in [6.07, 6.45) is 0.862. The number of amides is 1. The zero-order valence-corrected chi connectivity index (χ0v) is 15.7. The van der Waals surface area contributed by atoms with Crippen molar-refractivity contribution in [3.8, 4) is 0 Å². The smallest absolute Gasteiger partial charge is 0.264 e. The Labute approximate surface area is 154 Å². The maximum atomic E-state index is 13.1. The third-order valence-corrected chi connectivity index (χ3v) is 6.62. The molecule has 0 radical (unpaired) electrons. The minimum Gasteiger partial charge on any atom is -0.337 e. The first-order valence-electron chi connectivity index (χ1n) is 8.54. The van der Waals surface area contributed by atoms with Crippen molar-refractivity contribution in [2.75, 3.05) is 31.5 Å². The van der Waals surface area contributed by atoms with E-state index in [0.717, 1.165) is 19.5 Å². The molecule has 0 aromatic heterocycles. The largest absolute Gasteiger partial charge is 0.337 e. The quantitative estimate of drug-likeness (QED) is 0.870. The van der Waals surface area contributed by atoms with Crippen LogP contribution in [0.4, 0.5) is 5.69 Å². The summed E-state index contributed by atoms with van der Waals surface area (Å²) in [4.78, 5) is 14.6. The Kier molecular flexibility index (Phi) is 5.29. The van der Waals surface area contributed by atoms with Crippen molar-refractivity contribution in [3.05, 3.63) is 60.2 Å². The highest BCUT2D eigenvalue weighted by molar-refractivity contribution is 7.92. The lowest BCUT2D eigenvalue weighted by Gasteiger charge is -2.26. The molecule has 1 fully saturated rings. The van der Waals surface area contributed by atoms with Gasteiger partial charge in [-0.3, -0.25) is 9.10 Å². The van der Waals surface area contributed by atoms with Gasteiger partial charge < -0.3 is 10.2 Å².